The molecule has 51 heavy (non-hydrogen) atoms. The van der Waals surface area contributed by atoms with Crippen LogP contribution in [0.5, 0.6) is 11.5 Å². The van der Waals surface area contributed by atoms with Gasteiger partial charge in [-0.15, -0.1) is 0 Å². The highest BCUT2D eigenvalue weighted by Gasteiger charge is 2.36. The lowest BCUT2D eigenvalue weighted by Gasteiger charge is -2.31. The van der Waals surface area contributed by atoms with Crippen molar-refractivity contribution in [1.29, 1.82) is 0 Å². The molecule has 4 bridgehead atoms. The molecule has 0 amide bonds. The molecule has 0 saturated heterocycles. The lowest BCUT2D eigenvalue weighted by atomic mass is 9.75. The molecule has 2 atom stereocenters. The predicted molar refractivity (Wildman–Crippen MR) is 188 cm³/mol. The van der Waals surface area contributed by atoms with Crippen LogP contribution < -0.4 is 4.74 Å². The van der Waals surface area contributed by atoms with Gasteiger partial charge in [-0.2, -0.15) is 9.49 Å². The van der Waals surface area contributed by atoms with Gasteiger partial charge in [-0.3, -0.25) is 4.79 Å². The van der Waals surface area contributed by atoms with Gasteiger partial charge in [0.05, 0.1) is 33.9 Å². The number of sulfone groups is 1. The third-order valence-electron chi connectivity index (χ3n) is 9.94. The first-order valence-electron chi connectivity index (χ1n) is 16.9. The zero-order valence-electron chi connectivity index (χ0n) is 29.2. The summed E-state index contributed by atoms with van der Waals surface area (Å²) in [7, 11) is -2.07. The van der Waals surface area contributed by atoms with E-state index < -0.39 is 55.8 Å². The second-order valence-corrected chi connectivity index (χ2v) is 16.8. The third-order valence-corrected chi connectivity index (χ3v) is 12.0. The van der Waals surface area contributed by atoms with Crippen molar-refractivity contribution in [1.82, 2.24) is 19.7 Å². The van der Waals surface area contributed by atoms with Gasteiger partial charge < -0.3 is 14.8 Å². The first-order chi connectivity index (χ1) is 24.0. The van der Waals surface area contributed by atoms with Gasteiger partial charge in [-0.1, -0.05) is 51.5 Å². The Morgan fingerprint density at radius 1 is 1.08 bits per heavy atom. The largest absolute Gasteiger partial charge is 0.481 e. The topological polar surface area (TPSA) is 127 Å². The number of aromatic amines is 1. The summed E-state index contributed by atoms with van der Waals surface area (Å²) < 4.78 is 81.2. The number of benzene rings is 3. The maximum absolute atomic E-state index is 15.7. The van der Waals surface area contributed by atoms with Crippen molar-refractivity contribution in [2.24, 2.45) is 18.4 Å². The standard InChI is InChI=1S/C38H41F3N4O5S/c1-22(35(46)47)18-23-8-6-9-24(19-23)38(4)15-7-14-37(2,3)21-51(48,49)17-13-27-26-12-16-42-32(26)30(40)31(41)33(27)50-25-10-11-29(39)28(20-25)34-43-36(38)44-45(34)5/h6,8-12,16,19-20,22,42H,7,13-15,17-18,21H2,1-5H3,(H,46,47)/t22-,38?/m1/s1. The molecule has 1 aliphatic heterocycles. The summed E-state index contributed by atoms with van der Waals surface area (Å²) in [5.74, 6) is -5.03. The SMILES string of the molecule is C[C@H](Cc1cccc(C2(C)CCCC(C)(C)CS(=O)(=O)CCc3c(c(F)c(F)c4[nH]ccc34)Oc3ccc(F)c(c3)-c3nc2nn3C)c1)C(=O)O. The Labute approximate surface area is 294 Å². The number of hydrogen-bond donors (Lipinski definition) is 2. The molecule has 9 nitrogen and oxygen atoms in total. The molecule has 13 heteroatoms. The Kier molecular flexibility index (Phi) is 9.55. The smallest absolute Gasteiger partial charge is 0.306 e. The predicted octanol–water partition coefficient (Wildman–Crippen LogP) is 7.91. The van der Waals surface area contributed by atoms with E-state index in [1.807, 2.05) is 45.0 Å². The molecule has 3 heterocycles. The van der Waals surface area contributed by atoms with E-state index in [9.17, 15) is 18.3 Å². The molecule has 5 aromatic rings. The van der Waals surface area contributed by atoms with Gasteiger partial charge >= 0.3 is 5.97 Å². The third kappa shape index (κ3) is 7.26. The molecule has 0 spiro atoms. The van der Waals surface area contributed by atoms with Gasteiger partial charge in [-0.25, -0.2) is 26.9 Å². The number of nitrogens with zero attached hydrogens (tertiary/aromatic N) is 3. The van der Waals surface area contributed by atoms with Crippen LogP contribution in [0.4, 0.5) is 13.2 Å². The summed E-state index contributed by atoms with van der Waals surface area (Å²) in [6.45, 7) is 7.39. The minimum Gasteiger partial charge on any atom is -0.481 e. The molecular weight excluding hydrogens is 682 g/mol. The fourth-order valence-corrected chi connectivity index (χ4v) is 9.11. The normalized spacial score (nSPS) is 19.8. The molecule has 0 aliphatic carbocycles. The first kappa shape index (κ1) is 36.2. The number of aromatic nitrogens is 4. The van der Waals surface area contributed by atoms with Crippen LogP contribution in [0.25, 0.3) is 22.3 Å². The second kappa shape index (κ2) is 13.5. The van der Waals surface area contributed by atoms with Crippen molar-refractivity contribution in [2.75, 3.05) is 11.5 Å². The van der Waals surface area contributed by atoms with E-state index in [0.717, 1.165) is 17.2 Å². The van der Waals surface area contributed by atoms with Gasteiger partial charge in [0.15, 0.2) is 33.1 Å². The molecule has 6 rings (SSSR count). The Hall–Kier alpha value is -4.65. The zero-order valence-corrected chi connectivity index (χ0v) is 30.0. The van der Waals surface area contributed by atoms with Crippen molar-refractivity contribution in [3.63, 3.8) is 0 Å². The van der Waals surface area contributed by atoms with Gasteiger partial charge in [-0.05, 0) is 73.4 Å². The van der Waals surface area contributed by atoms with Crippen LogP contribution in [-0.2, 0) is 39.9 Å². The van der Waals surface area contributed by atoms with E-state index >= 15 is 13.2 Å². The second-order valence-electron chi connectivity index (χ2n) is 14.7. The van der Waals surface area contributed by atoms with Crippen molar-refractivity contribution < 1.29 is 36.2 Å². The number of H-pyrrole nitrogens is 1. The van der Waals surface area contributed by atoms with Crippen molar-refractivity contribution in [3.05, 3.63) is 94.7 Å². The Bertz CT molecular complexity index is 2250. The number of hydrogen-bond acceptors (Lipinski definition) is 6. The zero-order chi connectivity index (χ0) is 36.9. The molecule has 270 valence electrons. The average molecular weight is 723 g/mol. The van der Waals surface area contributed by atoms with Gasteiger partial charge in [0.2, 0.25) is 5.82 Å². The molecule has 0 fully saturated rings. The highest BCUT2D eigenvalue weighted by Crippen LogP contribution is 2.41. The number of aryl methyl sites for hydroxylation is 2. The van der Waals surface area contributed by atoms with Crippen molar-refractivity contribution in [3.8, 4) is 22.9 Å². The Morgan fingerprint density at radius 2 is 1.84 bits per heavy atom. The average Bonchev–Trinajstić information content (AvgIpc) is 3.70. The van der Waals surface area contributed by atoms with Crippen LogP contribution in [0.15, 0.2) is 54.7 Å². The number of halogens is 3. The quantitative estimate of drug-likeness (QED) is 0.193. The molecule has 0 saturated carbocycles. The number of nitrogens with one attached hydrogen (secondary N) is 1. The monoisotopic (exact) mass is 722 g/mol. The summed E-state index contributed by atoms with van der Waals surface area (Å²) in [6.07, 6.45) is 3.22. The van der Waals surface area contributed by atoms with Gasteiger partial charge in [0, 0.05) is 24.2 Å². The molecule has 1 aliphatic rings. The molecule has 2 N–H and O–H groups in total. The maximum Gasteiger partial charge on any atom is 0.306 e. The van der Waals surface area contributed by atoms with Crippen LogP contribution in [0.1, 0.15) is 69.5 Å². The van der Waals surface area contributed by atoms with E-state index in [1.165, 1.54) is 23.0 Å². The number of rotatable bonds is 4. The van der Waals surface area contributed by atoms with Crippen molar-refractivity contribution >= 4 is 26.7 Å². The fraction of sp³-hybridized carbons (Fsp3) is 0.395. The maximum atomic E-state index is 15.7. The Balaban J connectivity index is 1.51. The number of carbonyl (C=O) groups is 1. The summed E-state index contributed by atoms with van der Waals surface area (Å²) in [4.78, 5) is 19.2. The number of aliphatic carboxylic acids is 1. The summed E-state index contributed by atoms with van der Waals surface area (Å²) in [5.41, 5.74) is 0.241. The number of fused-ring (bicyclic) bond motifs is 8. The molecule has 2 aromatic heterocycles. The fourth-order valence-electron chi connectivity index (χ4n) is 7.12. The molecule has 3 aromatic carbocycles. The van der Waals surface area contributed by atoms with Crippen LogP contribution >= 0.6 is 0 Å². The van der Waals surface area contributed by atoms with Gasteiger partial charge in [0.1, 0.15) is 11.6 Å². The minimum absolute atomic E-state index is 0.00936. The minimum atomic E-state index is -3.70. The van der Waals surface area contributed by atoms with E-state index in [1.54, 1.807) is 20.0 Å². The van der Waals surface area contributed by atoms with E-state index in [-0.39, 0.29) is 51.5 Å². The van der Waals surface area contributed by atoms with Gasteiger partial charge in [0.25, 0.3) is 0 Å². The summed E-state index contributed by atoms with van der Waals surface area (Å²) in [5, 5.41) is 14.6. The highest BCUT2D eigenvalue weighted by atomic mass is 32.2. The van der Waals surface area contributed by atoms with Crippen LogP contribution in [0.2, 0.25) is 0 Å². The molecule has 0 radical (unpaired) electrons. The summed E-state index contributed by atoms with van der Waals surface area (Å²) >= 11 is 0. The van der Waals surface area contributed by atoms with Crippen LogP contribution in [-0.4, -0.2) is 50.7 Å². The lowest BCUT2D eigenvalue weighted by molar-refractivity contribution is -0.141. The number of carboxylic acids is 1. The summed E-state index contributed by atoms with van der Waals surface area (Å²) in [6, 6.07) is 12.9. The Morgan fingerprint density at radius 3 is 2.59 bits per heavy atom. The molecular formula is C38H41F3N4O5S. The van der Waals surface area contributed by atoms with Crippen LogP contribution in [0.3, 0.4) is 0 Å². The van der Waals surface area contributed by atoms with E-state index in [0.29, 0.717) is 31.5 Å². The van der Waals surface area contributed by atoms with E-state index in [4.69, 9.17) is 14.8 Å². The van der Waals surface area contributed by atoms with E-state index in [2.05, 4.69) is 4.98 Å². The highest BCUT2D eigenvalue weighted by molar-refractivity contribution is 7.91. The number of carboxylic acid groups (broad SMARTS) is 1. The first-order valence-corrected chi connectivity index (χ1v) is 18.7. The van der Waals surface area contributed by atoms with Crippen LogP contribution in [0, 0.1) is 28.8 Å². The number of ether oxygens (including phenoxy) is 1. The van der Waals surface area contributed by atoms with Crippen molar-refractivity contribution in [2.45, 2.75) is 65.2 Å². The molecule has 1 unspecified atom stereocenters. The lowest BCUT2D eigenvalue weighted by Crippen LogP contribution is -2.29.